The molecule has 0 aromatic rings. The molecule has 0 spiro atoms. The molecule has 0 bridgehead atoms. The quantitative estimate of drug-likeness (QED) is 0.774. The Balaban J connectivity index is 2.72. The molecule has 0 saturated heterocycles. The van der Waals surface area contributed by atoms with Crippen LogP contribution in [0.15, 0.2) is 0 Å². The molecule has 0 aromatic heterocycles. The van der Waals surface area contributed by atoms with E-state index in [1.54, 1.807) is 27.9 Å². The van der Waals surface area contributed by atoms with Crippen LogP contribution in [0.2, 0.25) is 0 Å². The lowest BCUT2D eigenvalue weighted by Gasteiger charge is -2.32. The number of methoxy groups -OCH3 is 2. The second kappa shape index (κ2) is 8.29. The lowest BCUT2D eigenvalue weighted by atomic mass is 9.81. The van der Waals surface area contributed by atoms with Crippen molar-refractivity contribution in [3.8, 4) is 0 Å². The molecule has 1 amide bonds. The Hall–Kier alpha value is -1.63. The van der Waals surface area contributed by atoms with E-state index in [2.05, 4.69) is 5.32 Å². The molecular weight excluding hydrogens is 302 g/mol. The van der Waals surface area contributed by atoms with E-state index >= 15 is 0 Å². The molecule has 23 heavy (non-hydrogen) atoms. The van der Waals surface area contributed by atoms with Crippen LogP contribution >= 0.6 is 0 Å². The third kappa shape index (κ3) is 6.56. The zero-order valence-electron chi connectivity index (χ0n) is 14.5. The van der Waals surface area contributed by atoms with Gasteiger partial charge in [-0.05, 0) is 39.5 Å². The molecule has 0 aromatic carbocycles. The molecule has 0 radical (unpaired) electrons. The van der Waals surface area contributed by atoms with Crippen molar-refractivity contribution in [2.75, 3.05) is 14.2 Å². The normalized spacial score (nSPS) is 23.1. The summed E-state index contributed by atoms with van der Waals surface area (Å²) < 4.78 is 15.3. The number of rotatable bonds is 5. The summed E-state index contributed by atoms with van der Waals surface area (Å²) in [5.74, 6) is -0.387. The van der Waals surface area contributed by atoms with E-state index in [-0.39, 0.29) is 17.8 Å². The number of carbonyl (C=O) groups excluding carboxylic acids is 3. The van der Waals surface area contributed by atoms with Crippen LogP contribution in [-0.2, 0) is 23.8 Å². The van der Waals surface area contributed by atoms with Crippen LogP contribution in [0.1, 0.15) is 46.5 Å². The summed E-state index contributed by atoms with van der Waals surface area (Å²) in [5, 5.41) is 2.55. The van der Waals surface area contributed by atoms with Crippen LogP contribution in [0, 0.1) is 5.92 Å². The van der Waals surface area contributed by atoms with Gasteiger partial charge in [-0.2, -0.15) is 0 Å². The number of hydrogen-bond donors (Lipinski definition) is 1. The number of alkyl carbamates (subject to hydrolysis) is 1. The SMILES string of the molecule is COC(=O)[C@H](CC1CCC(=O)CC1OC)NC(=O)OC(C)(C)C. The van der Waals surface area contributed by atoms with Gasteiger partial charge in [-0.15, -0.1) is 0 Å². The predicted octanol–water partition coefficient (Wildman–Crippen LogP) is 1.83. The molecule has 0 aliphatic heterocycles. The second-order valence-corrected chi connectivity index (χ2v) is 6.77. The van der Waals surface area contributed by atoms with Crippen LogP contribution in [0.3, 0.4) is 0 Å². The van der Waals surface area contributed by atoms with Crippen molar-refractivity contribution in [3.63, 3.8) is 0 Å². The van der Waals surface area contributed by atoms with Crippen molar-refractivity contribution >= 4 is 17.8 Å². The summed E-state index contributed by atoms with van der Waals surface area (Å²) in [7, 11) is 2.81. The van der Waals surface area contributed by atoms with Crippen LogP contribution in [0.4, 0.5) is 4.79 Å². The van der Waals surface area contributed by atoms with Gasteiger partial charge >= 0.3 is 12.1 Å². The van der Waals surface area contributed by atoms with Gasteiger partial charge in [0.1, 0.15) is 17.4 Å². The van der Waals surface area contributed by atoms with E-state index < -0.39 is 23.7 Å². The van der Waals surface area contributed by atoms with E-state index in [1.807, 2.05) is 0 Å². The highest BCUT2D eigenvalue weighted by Gasteiger charge is 2.34. The Kier molecular flexibility index (Phi) is 7.00. The fourth-order valence-corrected chi connectivity index (χ4v) is 2.68. The van der Waals surface area contributed by atoms with Crippen LogP contribution in [0.5, 0.6) is 0 Å². The number of carbonyl (C=O) groups is 3. The molecular formula is C16H27NO6. The maximum Gasteiger partial charge on any atom is 0.408 e. The minimum Gasteiger partial charge on any atom is -0.467 e. The molecule has 3 atom stereocenters. The monoisotopic (exact) mass is 329 g/mol. The first-order valence-corrected chi connectivity index (χ1v) is 7.78. The lowest BCUT2D eigenvalue weighted by Crippen LogP contribution is -2.46. The molecule has 132 valence electrons. The highest BCUT2D eigenvalue weighted by molar-refractivity contribution is 5.82. The van der Waals surface area contributed by atoms with E-state index in [4.69, 9.17) is 14.2 Å². The summed E-state index contributed by atoms with van der Waals surface area (Å²) in [4.78, 5) is 35.4. The van der Waals surface area contributed by atoms with Gasteiger partial charge in [0.25, 0.3) is 0 Å². The average molecular weight is 329 g/mol. The molecule has 1 N–H and O–H groups in total. The summed E-state index contributed by atoms with van der Waals surface area (Å²) in [6.07, 6.45) is 0.850. The van der Waals surface area contributed by atoms with Gasteiger partial charge < -0.3 is 19.5 Å². The second-order valence-electron chi connectivity index (χ2n) is 6.77. The topological polar surface area (TPSA) is 90.9 Å². The zero-order chi connectivity index (χ0) is 17.6. The summed E-state index contributed by atoms with van der Waals surface area (Å²) in [6, 6.07) is -0.828. The molecule has 7 nitrogen and oxygen atoms in total. The van der Waals surface area contributed by atoms with Crippen LogP contribution in [0.25, 0.3) is 0 Å². The number of esters is 1. The standard InChI is InChI=1S/C16H27NO6/c1-16(2,3)23-15(20)17-12(14(19)22-5)8-10-6-7-11(18)9-13(10)21-4/h10,12-13H,6-9H2,1-5H3,(H,17,20)/t10?,12-,13?/m0/s1. The number of Topliss-reactive ketones (excluding diaryl/α,β-unsaturated/α-hetero) is 1. The smallest absolute Gasteiger partial charge is 0.408 e. The van der Waals surface area contributed by atoms with Crippen molar-refractivity contribution in [1.29, 1.82) is 0 Å². The third-order valence-electron chi connectivity index (χ3n) is 3.77. The van der Waals surface area contributed by atoms with Gasteiger partial charge in [-0.1, -0.05) is 0 Å². The minimum atomic E-state index is -0.828. The summed E-state index contributed by atoms with van der Waals surface area (Å²) in [6.45, 7) is 5.23. The Labute approximate surface area is 137 Å². The first-order chi connectivity index (χ1) is 10.7. The lowest BCUT2D eigenvalue weighted by molar-refractivity contribution is -0.144. The van der Waals surface area contributed by atoms with Crippen LogP contribution in [-0.4, -0.2) is 49.8 Å². The molecule has 1 saturated carbocycles. The highest BCUT2D eigenvalue weighted by Crippen LogP contribution is 2.28. The van der Waals surface area contributed by atoms with E-state index in [1.165, 1.54) is 7.11 Å². The van der Waals surface area contributed by atoms with Gasteiger partial charge in [0, 0.05) is 20.0 Å². The van der Waals surface area contributed by atoms with E-state index in [9.17, 15) is 14.4 Å². The fourth-order valence-electron chi connectivity index (χ4n) is 2.68. The van der Waals surface area contributed by atoms with Gasteiger partial charge in [-0.25, -0.2) is 9.59 Å². The Bertz CT molecular complexity index is 442. The molecule has 2 unspecified atom stereocenters. The largest absolute Gasteiger partial charge is 0.467 e. The zero-order valence-corrected chi connectivity index (χ0v) is 14.5. The average Bonchev–Trinajstić information content (AvgIpc) is 2.45. The van der Waals surface area contributed by atoms with Crippen LogP contribution < -0.4 is 5.32 Å². The van der Waals surface area contributed by atoms with E-state index in [0.717, 1.165) is 0 Å². The number of ether oxygens (including phenoxy) is 3. The van der Waals surface area contributed by atoms with Crippen molar-refractivity contribution in [1.82, 2.24) is 5.32 Å². The van der Waals surface area contributed by atoms with Crippen molar-refractivity contribution in [2.24, 2.45) is 5.92 Å². The maximum absolute atomic E-state index is 11.9. The molecule has 1 aliphatic carbocycles. The maximum atomic E-state index is 11.9. The first-order valence-electron chi connectivity index (χ1n) is 7.78. The van der Waals surface area contributed by atoms with Gasteiger partial charge in [0.05, 0.1) is 13.2 Å². The van der Waals surface area contributed by atoms with Crippen molar-refractivity contribution in [3.05, 3.63) is 0 Å². The van der Waals surface area contributed by atoms with Crippen molar-refractivity contribution < 1.29 is 28.6 Å². The molecule has 1 rings (SSSR count). The van der Waals surface area contributed by atoms with E-state index in [0.29, 0.717) is 25.7 Å². The third-order valence-corrected chi connectivity index (χ3v) is 3.77. The Morgan fingerprint density at radius 1 is 1.30 bits per heavy atom. The summed E-state index contributed by atoms with van der Waals surface area (Å²) >= 11 is 0. The number of nitrogens with one attached hydrogen (secondary N) is 1. The van der Waals surface area contributed by atoms with Crippen molar-refractivity contribution in [2.45, 2.75) is 64.2 Å². The number of ketones is 1. The molecule has 7 heteroatoms. The number of hydrogen-bond acceptors (Lipinski definition) is 6. The summed E-state index contributed by atoms with van der Waals surface area (Å²) in [5.41, 5.74) is -0.656. The highest BCUT2D eigenvalue weighted by atomic mass is 16.6. The molecule has 1 aliphatic rings. The number of amides is 1. The first kappa shape index (κ1) is 19.4. The fraction of sp³-hybridized carbons (Fsp3) is 0.812. The minimum absolute atomic E-state index is 0.00302. The van der Waals surface area contributed by atoms with Gasteiger partial charge in [0.15, 0.2) is 0 Å². The Morgan fingerprint density at radius 2 is 1.96 bits per heavy atom. The molecule has 1 fully saturated rings. The van der Waals surface area contributed by atoms with Gasteiger partial charge in [-0.3, -0.25) is 4.79 Å². The Morgan fingerprint density at radius 3 is 2.48 bits per heavy atom. The predicted molar refractivity (Wildman–Crippen MR) is 82.9 cm³/mol. The van der Waals surface area contributed by atoms with Gasteiger partial charge in [0.2, 0.25) is 0 Å². The molecule has 0 heterocycles.